The minimum atomic E-state index is 0.251. The number of carbonyl (C=O) groups is 1. The van der Waals surface area contributed by atoms with Gasteiger partial charge in [0.15, 0.2) is 5.78 Å². The first kappa shape index (κ1) is 11.1. The number of Topliss-reactive ketones (excluding diaryl/α,β-unsaturated/α-hetero) is 1. The van der Waals surface area contributed by atoms with E-state index in [-0.39, 0.29) is 5.78 Å². The normalized spacial score (nSPS) is 16.4. The van der Waals surface area contributed by atoms with E-state index in [4.69, 9.17) is 0 Å². The molecule has 84 valence electrons. The first-order chi connectivity index (χ1) is 7.86. The third-order valence-electron chi connectivity index (χ3n) is 2.97. The van der Waals surface area contributed by atoms with Crippen LogP contribution in [0.1, 0.15) is 37.8 Å². The van der Waals surface area contributed by atoms with Gasteiger partial charge in [0.25, 0.3) is 0 Å². The average Bonchev–Trinajstić information content (AvgIpc) is 2.59. The van der Waals surface area contributed by atoms with Gasteiger partial charge < -0.3 is 0 Å². The van der Waals surface area contributed by atoms with Crippen LogP contribution in [-0.4, -0.2) is 10.8 Å². The number of aromatic nitrogens is 1. The second-order valence-electron chi connectivity index (χ2n) is 4.25. The van der Waals surface area contributed by atoms with Gasteiger partial charge in [0.05, 0.1) is 6.42 Å². The zero-order valence-corrected chi connectivity index (χ0v) is 9.48. The van der Waals surface area contributed by atoms with Gasteiger partial charge in [-0.3, -0.25) is 9.78 Å². The fourth-order valence-corrected chi connectivity index (χ4v) is 2.05. The van der Waals surface area contributed by atoms with Crippen molar-refractivity contribution in [3.63, 3.8) is 0 Å². The van der Waals surface area contributed by atoms with Gasteiger partial charge in [0, 0.05) is 11.9 Å². The first-order valence-corrected chi connectivity index (χ1v) is 5.98. The molecule has 0 radical (unpaired) electrons. The maximum atomic E-state index is 12.0. The van der Waals surface area contributed by atoms with Crippen molar-refractivity contribution in [3.8, 4) is 0 Å². The van der Waals surface area contributed by atoms with E-state index < -0.39 is 0 Å². The van der Waals surface area contributed by atoms with Gasteiger partial charge in [-0.05, 0) is 43.4 Å². The molecule has 0 amide bonds. The van der Waals surface area contributed by atoms with Gasteiger partial charge in [0.1, 0.15) is 0 Å². The molecule has 2 heteroatoms. The number of ketones is 1. The number of hydrogen-bond acceptors (Lipinski definition) is 2. The van der Waals surface area contributed by atoms with Crippen molar-refractivity contribution in [1.82, 2.24) is 4.98 Å². The molecule has 0 aliphatic heterocycles. The number of pyridine rings is 1. The summed E-state index contributed by atoms with van der Waals surface area (Å²) in [6.45, 7) is 0. The molecule has 16 heavy (non-hydrogen) atoms. The largest absolute Gasteiger partial charge is 0.294 e. The Balaban J connectivity index is 2.00. The van der Waals surface area contributed by atoms with Gasteiger partial charge in [-0.2, -0.15) is 0 Å². The Morgan fingerprint density at radius 1 is 1.25 bits per heavy atom. The predicted octanol–water partition coefficient (Wildman–Crippen LogP) is 3.08. The molecular weight excluding hydrogens is 198 g/mol. The molecule has 1 aliphatic rings. The smallest absolute Gasteiger partial charge is 0.164 e. The lowest BCUT2D eigenvalue weighted by Gasteiger charge is -2.03. The van der Waals surface area contributed by atoms with E-state index in [1.54, 1.807) is 6.20 Å². The van der Waals surface area contributed by atoms with Crippen LogP contribution in [0.15, 0.2) is 36.0 Å². The molecule has 0 saturated heterocycles. The molecule has 0 aromatic carbocycles. The van der Waals surface area contributed by atoms with E-state index in [0.717, 1.165) is 30.5 Å². The van der Waals surface area contributed by atoms with Crippen LogP contribution in [0.2, 0.25) is 0 Å². The summed E-state index contributed by atoms with van der Waals surface area (Å²) in [6.07, 6.45) is 9.95. The Hall–Kier alpha value is -1.44. The Kier molecular flexibility index (Phi) is 3.86. The second kappa shape index (κ2) is 5.59. The van der Waals surface area contributed by atoms with Crippen molar-refractivity contribution in [2.75, 3.05) is 0 Å². The Bertz CT molecular complexity index is 381. The highest BCUT2D eigenvalue weighted by atomic mass is 16.1. The maximum Gasteiger partial charge on any atom is 0.164 e. The predicted molar refractivity (Wildman–Crippen MR) is 64.1 cm³/mol. The van der Waals surface area contributed by atoms with Crippen LogP contribution in [0.5, 0.6) is 0 Å². The SMILES string of the molecule is O=C(Cc1ccccn1)C1=CCCCCC1. The van der Waals surface area contributed by atoms with Crippen LogP contribution >= 0.6 is 0 Å². The highest BCUT2D eigenvalue weighted by Gasteiger charge is 2.12. The molecular formula is C14H17NO. The summed E-state index contributed by atoms with van der Waals surface area (Å²) in [4.78, 5) is 16.2. The van der Waals surface area contributed by atoms with Crippen molar-refractivity contribution in [3.05, 3.63) is 41.7 Å². The lowest BCUT2D eigenvalue weighted by atomic mass is 10.0. The monoisotopic (exact) mass is 215 g/mol. The van der Waals surface area contributed by atoms with Crippen LogP contribution in [0.25, 0.3) is 0 Å². The molecule has 0 N–H and O–H groups in total. The van der Waals surface area contributed by atoms with E-state index in [1.807, 2.05) is 18.2 Å². The van der Waals surface area contributed by atoms with E-state index in [0.29, 0.717) is 6.42 Å². The van der Waals surface area contributed by atoms with Crippen LogP contribution < -0.4 is 0 Å². The third-order valence-corrected chi connectivity index (χ3v) is 2.97. The third kappa shape index (κ3) is 3.02. The molecule has 2 nitrogen and oxygen atoms in total. The van der Waals surface area contributed by atoms with Crippen molar-refractivity contribution in [1.29, 1.82) is 0 Å². The summed E-state index contributed by atoms with van der Waals surface area (Å²) < 4.78 is 0. The fourth-order valence-electron chi connectivity index (χ4n) is 2.05. The number of rotatable bonds is 3. The molecule has 0 unspecified atom stereocenters. The summed E-state index contributed by atoms with van der Waals surface area (Å²) >= 11 is 0. The summed E-state index contributed by atoms with van der Waals surface area (Å²) in [5, 5.41) is 0. The number of allylic oxidation sites excluding steroid dienone is 2. The average molecular weight is 215 g/mol. The molecule has 1 aromatic rings. The van der Waals surface area contributed by atoms with Crippen LogP contribution in [-0.2, 0) is 11.2 Å². The van der Waals surface area contributed by atoms with Gasteiger partial charge in [-0.1, -0.05) is 18.6 Å². The highest BCUT2D eigenvalue weighted by Crippen LogP contribution is 2.18. The maximum absolute atomic E-state index is 12.0. The summed E-state index contributed by atoms with van der Waals surface area (Å²) in [5.41, 5.74) is 1.89. The Morgan fingerprint density at radius 3 is 3.00 bits per heavy atom. The van der Waals surface area contributed by atoms with E-state index >= 15 is 0 Å². The van der Waals surface area contributed by atoms with E-state index in [9.17, 15) is 4.79 Å². The lowest BCUT2D eigenvalue weighted by molar-refractivity contribution is -0.115. The van der Waals surface area contributed by atoms with E-state index in [2.05, 4.69) is 11.1 Å². The zero-order chi connectivity index (χ0) is 11.2. The number of nitrogens with zero attached hydrogens (tertiary/aromatic N) is 1. The summed E-state index contributed by atoms with van der Waals surface area (Å²) in [6, 6.07) is 5.71. The van der Waals surface area contributed by atoms with Gasteiger partial charge in [0.2, 0.25) is 0 Å². The Morgan fingerprint density at radius 2 is 2.19 bits per heavy atom. The molecule has 0 bridgehead atoms. The second-order valence-corrected chi connectivity index (χ2v) is 4.25. The fraction of sp³-hybridized carbons (Fsp3) is 0.429. The summed E-state index contributed by atoms with van der Waals surface area (Å²) in [5.74, 6) is 0.251. The molecule has 0 fully saturated rings. The van der Waals surface area contributed by atoms with Crippen molar-refractivity contribution < 1.29 is 4.79 Å². The van der Waals surface area contributed by atoms with E-state index in [1.165, 1.54) is 12.8 Å². The van der Waals surface area contributed by atoms with Gasteiger partial charge in [-0.25, -0.2) is 0 Å². The lowest BCUT2D eigenvalue weighted by Crippen LogP contribution is -2.07. The molecule has 0 saturated carbocycles. The van der Waals surface area contributed by atoms with Gasteiger partial charge >= 0.3 is 0 Å². The highest BCUT2D eigenvalue weighted by molar-refractivity contribution is 5.96. The topological polar surface area (TPSA) is 30.0 Å². The van der Waals surface area contributed by atoms with Crippen molar-refractivity contribution >= 4 is 5.78 Å². The minimum absolute atomic E-state index is 0.251. The van der Waals surface area contributed by atoms with Crippen LogP contribution in [0, 0.1) is 0 Å². The standard InChI is InChI=1S/C14H17NO/c16-14(11-13-9-5-6-10-15-13)12-7-3-1-2-4-8-12/h5-7,9-10H,1-4,8,11H2. The molecule has 0 atom stereocenters. The molecule has 1 heterocycles. The Labute approximate surface area is 96.4 Å². The number of hydrogen-bond donors (Lipinski definition) is 0. The van der Waals surface area contributed by atoms with Gasteiger partial charge in [-0.15, -0.1) is 0 Å². The minimum Gasteiger partial charge on any atom is -0.294 e. The first-order valence-electron chi connectivity index (χ1n) is 5.98. The van der Waals surface area contributed by atoms with Crippen molar-refractivity contribution in [2.45, 2.75) is 38.5 Å². The van der Waals surface area contributed by atoms with Crippen LogP contribution in [0.3, 0.4) is 0 Å². The quantitative estimate of drug-likeness (QED) is 0.775. The molecule has 2 rings (SSSR count). The van der Waals surface area contributed by atoms with Crippen molar-refractivity contribution in [2.24, 2.45) is 0 Å². The molecule has 1 aliphatic carbocycles. The summed E-state index contributed by atoms with van der Waals surface area (Å²) in [7, 11) is 0. The molecule has 1 aromatic heterocycles. The molecule has 0 spiro atoms. The zero-order valence-electron chi connectivity index (χ0n) is 9.48. The van der Waals surface area contributed by atoms with Crippen LogP contribution in [0.4, 0.5) is 0 Å². The number of carbonyl (C=O) groups excluding carboxylic acids is 1.